The molecule has 1 heterocycles. The van der Waals surface area contributed by atoms with Crippen LogP contribution in [0.1, 0.15) is 27.7 Å². The summed E-state index contributed by atoms with van der Waals surface area (Å²) < 4.78 is 1.47. The van der Waals surface area contributed by atoms with Crippen LogP contribution in [0.4, 0.5) is 0 Å². The molecule has 0 spiro atoms. The highest BCUT2D eigenvalue weighted by Gasteiger charge is 2.16. The van der Waals surface area contributed by atoms with Crippen molar-refractivity contribution in [1.29, 1.82) is 0 Å². The first-order chi connectivity index (χ1) is 12.8. The number of aromatic nitrogens is 2. The zero-order valence-corrected chi connectivity index (χ0v) is 18.9. The molecule has 0 saturated carbocycles. The molecule has 0 fully saturated rings. The lowest BCUT2D eigenvalue weighted by molar-refractivity contribution is -0.128. The first-order valence-corrected chi connectivity index (χ1v) is 11.5. The van der Waals surface area contributed by atoms with Gasteiger partial charge in [-0.1, -0.05) is 59.2 Å². The number of carbonyl (C=O) groups is 2. The maximum absolute atomic E-state index is 12.3. The Morgan fingerprint density at radius 3 is 1.56 bits per heavy atom. The lowest BCUT2D eigenvalue weighted by atomic mass is 10.3. The van der Waals surface area contributed by atoms with Crippen LogP contribution in [0, 0.1) is 0 Å². The topological polar surface area (TPSA) is 66.4 Å². The van der Waals surface area contributed by atoms with Crippen molar-refractivity contribution in [3.8, 4) is 0 Å². The van der Waals surface area contributed by atoms with Crippen LogP contribution in [0.2, 0.25) is 0 Å². The molecule has 1 aromatic rings. The fourth-order valence-electron chi connectivity index (χ4n) is 2.15. The van der Waals surface area contributed by atoms with Crippen LogP contribution in [0.3, 0.4) is 0 Å². The Morgan fingerprint density at radius 1 is 0.889 bits per heavy atom. The molecule has 0 N–H and O–H groups in total. The van der Waals surface area contributed by atoms with E-state index < -0.39 is 0 Å². The SMILES string of the molecule is C=C(C)CN(CC)C(=O)CSc1nnc(SCC(=O)N(CC)CC(=C)C)s1. The van der Waals surface area contributed by atoms with Crippen molar-refractivity contribution in [2.45, 2.75) is 36.4 Å². The average molecular weight is 429 g/mol. The van der Waals surface area contributed by atoms with E-state index in [0.29, 0.717) is 37.7 Å². The Morgan fingerprint density at radius 2 is 1.26 bits per heavy atom. The largest absolute Gasteiger partial charge is 0.338 e. The van der Waals surface area contributed by atoms with Crippen molar-refractivity contribution in [2.24, 2.45) is 0 Å². The molecule has 0 unspecified atom stereocenters. The average Bonchev–Trinajstić information content (AvgIpc) is 3.07. The van der Waals surface area contributed by atoms with E-state index in [2.05, 4.69) is 23.4 Å². The van der Waals surface area contributed by atoms with Gasteiger partial charge in [0.05, 0.1) is 11.5 Å². The van der Waals surface area contributed by atoms with E-state index in [9.17, 15) is 9.59 Å². The third kappa shape index (κ3) is 8.94. The number of hydrogen-bond donors (Lipinski definition) is 0. The molecule has 0 aliphatic carbocycles. The Bertz CT molecular complexity index is 621. The molecule has 27 heavy (non-hydrogen) atoms. The van der Waals surface area contributed by atoms with Gasteiger partial charge in [0, 0.05) is 26.2 Å². The Kier molecular flexibility index (Phi) is 10.7. The van der Waals surface area contributed by atoms with Crippen LogP contribution in [0.15, 0.2) is 33.0 Å². The number of amides is 2. The number of rotatable bonds is 12. The molecule has 2 amide bonds. The van der Waals surface area contributed by atoms with E-state index in [0.717, 1.165) is 19.8 Å². The monoisotopic (exact) mass is 428 g/mol. The highest BCUT2D eigenvalue weighted by atomic mass is 32.2. The number of likely N-dealkylation sites (N-methyl/N-ethyl adjacent to an activating group) is 2. The van der Waals surface area contributed by atoms with Crippen molar-refractivity contribution in [3.05, 3.63) is 24.3 Å². The quantitative estimate of drug-likeness (QED) is 0.374. The van der Waals surface area contributed by atoms with Crippen LogP contribution in [0.5, 0.6) is 0 Å². The van der Waals surface area contributed by atoms with Crippen molar-refractivity contribution in [3.63, 3.8) is 0 Å². The number of thioether (sulfide) groups is 2. The summed E-state index contributed by atoms with van der Waals surface area (Å²) in [7, 11) is 0. The van der Waals surface area contributed by atoms with Gasteiger partial charge in [0.1, 0.15) is 0 Å². The molecule has 1 aromatic heterocycles. The molecule has 150 valence electrons. The molecule has 0 aliphatic rings. The summed E-state index contributed by atoms with van der Waals surface area (Å²) in [5.41, 5.74) is 1.92. The standard InChI is InChI=1S/C18H28N4O2S3/c1-7-21(9-13(3)4)15(23)11-25-17-19-20-18(27-17)26-12-16(24)22(8-2)10-14(5)6/h3,5,7-12H2,1-2,4,6H3. The molecular weight excluding hydrogens is 400 g/mol. The van der Waals surface area contributed by atoms with Gasteiger partial charge in [-0.05, 0) is 27.7 Å². The predicted octanol–water partition coefficient (Wildman–Crippen LogP) is 3.57. The summed E-state index contributed by atoms with van der Waals surface area (Å²) in [4.78, 5) is 28.1. The molecule has 6 nitrogen and oxygen atoms in total. The van der Waals surface area contributed by atoms with Gasteiger partial charge in [0.15, 0.2) is 8.68 Å². The van der Waals surface area contributed by atoms with Gasteiger partial charge in [-0.2, -0.15) is 0 Å². The summed E-state index contributed by atoms with van der Waals surface area (Å²) >= 11 is 4.17. The maximum Gasteiger partial charge on any atom is 0.233 e. The molecule has 0 radical (unpaired) electrons. The zero-order valence-electron chi connectivity index (χ0n) is 16.5. The van der Waals surface area contributed by atoms with Gasteiger partial charge in [0.2, 0.25) is 11.8 Å². The number of nitrogens with zero attached hydrogens (tertiary/aromatic N) is 4. The van der Waals surface area contributed by atoms with Crippen LogP contribution in [-0.2, 0) is 9.59 Å². The lowest BCUT2D eigenvalue weighted by Crippen LogP contribution is -2.33. The summed E-state index contributed by atoms with van der Waals surface area (Å²) in [6.45, 7) is 17.9. The summed E-state index contributed by atoms with van der Waals surface area (Å²) in [5, 5.41) is 8.22. The van der Waals surface area contributed by atoms with Gasteiger partial charge in [0.25, 0.3) is 0 Å². The second-order valence-corrected chi connectivity index (χ2v) is 9.56. The minimum Gasteiger partial charge on any atom is -0.338 e. The molecule has 9 heteroatoms. The van der Waals surface area contributed by atoms with Crippen LogP contribution in [0.25, 0.3) is 0 Å². The second-order valence-electron chi connectivity index (χ2n) is 6.14. The van der Waals surface area contributed by atoms with E-state index in [4.69, 9.17) is 0 Å². The molecule has 0 aromatic carbocycles. The van der Waals surface area contributed by atoms with Gasteiger partial charge in [-0.15, -0.1) is 10.2 Å². The summed E-state index contributed by atoms with van der Waals surface area (Å²) in [5.74, 6) is 0.760. The fraction of sp³-hybridized carbons (Fsp3) is 0.556. The Hall–Kier alpha value is -1.32. The van der Waals surface area contributed by atoms with E-state index in [1.807, 2.05) is 27.7 Å². The smallest absolute Gasteiger partial charge is 0.233 e. The maximum atomic E-state index is 12.3. The Balaban J connectivity index is 2.49. The van der Waals surface area contributed by atoms with Crippen LogP contribution >= 0.6 is 34.9 Å². The lowest BCUT2D eigenvalue weighted by Gasteiger charge is -2.20. The van der Waals surface area contributed by atoms with E-state index >= 15 is 0 Å². The first-order valence-electron chi connectivity index (χ1n) is 8.70. The molecule has 0 bridgehead atoms. The third-order valence-corrected chi connectivity index (χ3v) is 6.58. The number of carbonyl (C=O) groups excluding carboxylic acids is 2. The van der Waals surface area contributed by atoms with Crippen molar-refractivity contribution >= 4 is 46.7 Å². The Labute approximate surface area is 174 Å². The van der Waals surface area contributed by atoms with Crippen molar-refractivity contribution in [1.82, 2.24) is 20.0 Å². The van der Waals surface area contributed by atoms with Gasteiger partial charge in [-0.3, -0.25) is 9.59 Å². The fourth-order valence-corrected chi connectivity index (χ4v) is 4.97. The van der Waals surface area contributed by atoms with Gasteiger partial charge in [-0.25, -0.2) is 0 Å². The van der Waals surface area contributed by atoms with E-state index in [1.165, 1.54) is 34.9 Å². The van der Waals surface area contributed by atoms with Crippen LogP contribution in [-0.4, -0.2) is 69.5 Å². The molecule has 1 rings (SSSR count). The first kappa shape index (κ1) is 23.7. The molecule has 0 saturated heterocycles. The highest BCUT2D eigenvalue weighted by Crippen LogP contribution is 2.29. The third-order valence-electron chi connectivity index (χ3n) is 3.42. The molecule has 0 atom stereocenters. The minimum absolute atomic E-state index is 0.0588. The van der Waals surface area contributed by atoms with Gasteiger partial charge < -0.3 is 9.80 Å². The minimum atomic E-state index is 0.0588. The summed E-state index contributed by atoms with van der Waals surface area (Å²) in [6.07, 6.45) is 0. The molecular formula is C18H28N4O2S3. The normalized spacial score (nSPS) is 10.5. The van der Waals surface area contributed by atoms with E-state index in [-0.39, 0.29) is 11.8 Å². The van der Waals surface area contributed by atoms with Crippen molar-refractivity contribution < 1.29 is 9.59 Å². The van der Waals surface area contributed by atoms with E-state index in [1.54, 1.807) is 9.80 Å². The van der Waals surface area contributed by atoms with Gasteiger partial charge >= 0.3 is 0 Å². The molecule has 0 aliphatic heterocycles. The highest BCUT2D eigenvalue weighted by molar-refractivity contribution is 8.03. The number of hydrogen-bond acceptors (Lipinski definition) is 7. The zero-order chi connectivity index (χ0) is 20.4. The van der Waals surface area contributed by atoms with Crippen molar-refractivity contribution in [2.75, 3.05) is 37.7 Å². The van der Waals surface area contributed by atoms with Crippen LogP contribution < -0.4 is 0 Å². The summed E-state index contributed by atoms with van der Waals surface area (Å²) in [6, 6.07) is 0. The second kappa shape index (κ2) is 12.2. The predicted molar refractivity (Wildman–Crippen MR) is 115 cm³/mol.